The smallest absolute Gasteiger partial charge is 0.0809 e. The molecule has 2 nitrogen and oxygen atoms in total. The number of hydrogen-bond acceptors (Lipinski definition) is 2. The predicted octanol–water partition coefficient (Wildman–Crippen LogP) is 1.33. The molecular formula is C9H16O2. The summed E-state index contributed by atoms with van der Waals surface area (Å²) in [5.41, 5.74) is 0. The van der Waals surface area contributed by atoms with Crippen LogP contribution in [0.4, 0.5) is 0 Å². The van der Waals surface area contributed by atoms with E-state index in [-0.39, 0.29) is 12.7 Å². The van der Waals surface area contributed by atoms with E-state index in [1.54, 1.807) is 0 Å². The minimum absolute atomic E-state index is 0.148. The first-order chi connectivity index (χ1) is 5.40. The van der Waals surface area contributed by atoms with Crippen LogP contribution in [0.15, 0.2) is 0 Å². The Morgan fingerprint density at radius 1 is 1.18 bits per heavy atom. The lowest BCUT2D eigenvalue weighted by Crippen LogP contribution is -2.31. The monoisotopic (exact) mass is 156 g/mol. The van der Waals surface area contributed by atoms with E-state index >= 15 is 0 Å². The van der Waals surface area contributed by atoms with Crippen LogP contribution < -0.4 is 0 Å². The molecule has 2 rings (SSSR count). The van der Waals surface area contributed by atoms with Gasteiger partial charge in [0, 0.05) is 0 Å². The molecule has 2 aliphatic rings. The Kier molecular flexibility index (Phi) is 2.14. The quantitative estimate of drug-likeness (QED) is 0.653. The van der Waals surface area contributed by atoms with Crippen LogP contribution in [0.1, 0.15) is 32.1 Å². The van der Waals surface area contributed by atoms with Crippen LogP contribution in [-0.2, 0) is 4.74 Å². The molecular weight excluding hydrogens is 140 g/mol. The second kappa shape index (κ2) is 3.11. The maximum atomic E-state index is 8.89. The second-order valence-corrected chi connectivity index (χ2v) is 3.75. The number of rotatable bonds is 2. The first kappa shape index (κ1) is 7.56. The van der Waals surface area contributed by atoms with Crippen LogP contribution in [0.5, 0.6) is 0 Å². The average molecular weight is 156 g/mol. The van der Waals surface area contributed by atoms with Crippen molar-refractivity contribution >= 4 is 0 Å². The molecule has 1 heterocycles. The Hall–Kier alpha value is -0.0800. The molecule has 11 heavy (non-hydrogen) atoms. The van der Waals surface area contributed by atoms with Gasteiger partial charge in [-0.2, -0.15) is 0 Å². The van der Waals surface area contributed by atoms with E-state index < -0.39 is 0 Å². The molecule has 0 aromatic rings. The zero-order chi connectivity index (χ0) is 7.68. The third-order valence-corrected chi connectivity index (χ3v) is 2.73. The van der Waals surface area contributed by atoms with Crippen molar-refractivity contribution in [2.24, 2.45) is 5.92 Å². The molecule has 0 bridgehead atoms. The van der Waals surface area contributed by atoms with Crippen molar-refractivity contribution in [3.63, 3.8) is 0 Å². The van der Waals surface area contributed by atoms with Crippen LogP contribution in [0, 0.1) is 5.92 Å². The summed E-state index contributed by atoms with van der Waals surface area (Å²) in [6, 6.07) is 0. The van der Waals surface area contributed by atoms with Crippen molar-refractivity contribution in [1.29, 1.82) is 0 Å². The van der Waals surface area contributed by atoms with Crippen LogP contribution in [-0.4, -0.2) is 23.9 Å². The first-order valence-electron chi connectivity index (χ1n) is 4.66. The van der Waals surface area contributed by atoms with E-state index in [1.165, 1.54) is 25.7 Å². The number of ether oxygens (including phenoxy) is 1. The molecule has 0 radical (unpaired) electrons. The van der Waals surface area contributed by atoms with Crippen LogP contribution in [0.25, 0.3) is 0 Å². The van der Waals surface area contributed by atoms with Crippen LogP contribution in [0.3, 0.4) is 0 Å². The Morgan fingerprint density at radius 3 is 2.64 bits per heavy atom. The Morgan fingerprint density at radius 2 is 2.00 bits per heavy atom. The highest BCUT2D eigenvalue weighted by Gasteiger charge is 2.35. The topological polar surface area (TPSA) is 29.5 Å². The zero-order valence-electron chi connectivity index (χ0n) is 6.83. The minimum Gasteiger partial charge on any atom is -0.394 e. The highest BCUT2D eigenvalue weighted by Crippen LogP contribution is 2.39. The second-order valence-electron chi connectivity index (χ2n) is 3.75. The van der Waals surface area contributed by atoms with Gasteiger partial charge in [-0.1, -0.05) is 0 Å². The summed E-state index contributed by atoms with van der Waals surface area (Å²) in [5, 5.41) is 8.89. The fourth-order valence-electron chi connectivity index (χ4n) is 1.88. The van der Waals surface area contributed by atoms with Gasteiger partial charge in [-0.05, 0) is 38.0 Å². The summed E-state index contributed by atoms with van der Waals surface area (Å²) in [6.45, 7) is 0.212. The molecule has 2 atom stereocenters. The van der Waals surface area contributed by atoms with E-state index in [0.717, 1.165) is 12.3 Å². The van der Waals surface area contributed by atoms with Crippen molar-refractivity contribution in [3.8, 4) is 0 Å². The lowest BCUT2D eigenvalue weighted by atomic mass is 10.0. The Labute approximate surface area is 67.6 Å². The Balaban J connectivity index is 1.82. The van der Waals surface area contributed by atoms with Gasteiger partial charge in [-0.15, -0.1) is 0 Å². The average Bonchev–Trinajstić information content (AvgIpc) is 2.87. The molecule has 1 N–H and O–H groups in total. The first-order valence-corrected chi connectivity index (χ1v) is 4.66. The van der Waals surface area contributed by atoms with Crippen molar-refractivity contribution in [3.05, 3.63) is 0 Å². The summed E-state index contributed by atoms with van der Waals surface area (Å²) in [5.74, 6) is 0.837. The molecule has 1 saturated heterocycles. The van der Waals surface area contributed by atoms with Gasteiger partial charge < -0.3 is 9.84 Å². The molecule has 1 aliphatic carbocycles. The summed E-state index contributed by atoms with van der Waals surface area (Å²) >= 11 is 0. The molecule has 2 unspecified atom stereocenters. The van der Waals surface area contributed by atoms with Crippen molar-refractivity contribution in [2.75, 3.05) is 6.61 Å². The van der Waals surface area contributed by atoms with Crippen molar-refractivity contribution in [1.82, 2.24) is 0 Å². The molecule has 2 fully saturated rings. The molecule has 1 saturated carbocycles. The van der Waals surface area contributed by atoms with Gasteiger partial charge >= 0.3 is 0 Å². The van der Waals surface area contributed by atoms with Gasteiger partial charge in [0.2, 0.25) is 0 Å². The molecule has 0 amide bonds. The molecule has 0 aromatic heterocycles. The number of aliphatic hydroxyl groups excluding tert-OH is 1. The van der Waals surface area contributed by atoms with Crippen LogP contribution in [0.2, 0.25) is 0 Å². The fraction of sp³-hybridized carbons (Fsp3) is 1.00. The molecule has 0 aromatic carbocycles. The van der Waals surface area contributed by atoms with Crippen molar-refractivity contribution < 1.29 is 9.84 Å². The van der Waals surface area contributed by atoms with Gasteiger partial charge in [-0.3, -0.25) is 0 Å². The summed E-state index contributed by atoms with van der Waals surface area (Å²) < 4.78 is 5.71. The normalized spacial score (nSPS) is 39.0. The summed E-state index contributed by atoms with van der Waals surface area (Å²) in [6.07, 6.45) is 6.86. The van der Waals surface area contributed by atoms with Gasteiger partial charge in [0.1, 0.15) is 0 Å². The maximum absolute atomic E-state index is 8.89. The number of hydrogen-bond donors (Lipinski definition) is 1. The molecule has 2 heteroatoms. The van der Waals surface area contributed by atoms with Crippen molar-refractivity contribution in [2.45, 2.75) is 44.3 Å². The Bertz CT molecular complexity index is 132. The van der Waals surface area contributed by atoms with Gasteiger partial charge in [-0.25, -0.2) is 0 Å². The third kappa shape index (κ3) is 1.74. The molecule has 0 spiro atoms. The van der Waals surface area contributed by atoms with E-state index in [4.69, 9.17) is 9.84 Å². The third-order valence-electron chi connectivity index (χ3n) is 2.73. The van der Waals surface area contributed by atoms with E-state index in [1.807, 2.05) is 0 Å². The van der Waals surface area contributed by atoms with Gasteiger partial charge in [0.15, 0.2) is 0 Å². The predicted molar refractivity (Wildman–Crippen MR) is 42.3 cm³/mol. The molecule has 1 aliphatic heterocycles. The molecule has 64 valence electrons. The number of aliphatic hydroxyl groups is 1. The summed E-state index contributed by atoms with van der Waals surface area (Å²) in [7, 11) is 0. The lowest BCUT2D eigenvalue weighted by molar-refractivity contribution is -0.0804. The fourth-order valence-corrected chi connectivity index (χ4v) is 1.88. The van der Waals surface area contributed by atoms with E-state index in [2.05, 4.69) is 0 Å². The lowest BCUT2D eigenvalue weighted by Gasteiger charge is -2.28. The largest absolute Gasteiger partial charge is 0.394 e. The van der Waals surface area contributed by atoms with Crippen LogP contribution >= 0.6 is 0 Å². The maximum Gasteiger partial charge on any atom is 0.0809 e. The highest BCUT2D eigenvalue weighted by molar-refractivity contribution is 4.85. The van der Waals surface area contributed by atoms with Gasteiger partial charge in [0.25, 0.3) is 0 Å². The summed E-state index contributed by atoms with van der Waals surface area (Å²) in [4.78, 5) is 0. The van der Waals surface area contributed by atoms with Gasteiger partial charge in [0.05, 0.1) is 18.8 Å². The standard InChI is InChI=1S/C9H16O2/c10-6-8-2-1-3-9(11-8)7-4-5-7/h7-10H,1-6H2. The SMILES string of the molecule is OCC1CCCC(C2CC2)O1. The minimum atomic E-state index is 0.148. The highest BCUT2D eigenvalue weighted by atomic mass is 16.5. The van der Waals surface area contributed by atoms with E-state index in [9.17, 15) is 0 Å². The zero-order valence-corrected chi connectivity index (χ0v) is 6.83. The van der Waals surface area contributed by atoms with E-state index in [0.29, 0.717) is 6.10 Å².